The van der Waals surface area contributed by atoms with Crippen LogP contribution in [0.25, 0.3) is 0 Å². The first-order valence-electron chi connectivity index (χ1n) is 7.44. The molecule has 0 spiro atoms. The number of esters is 1. The van der Waals surface area contributed by atoms with Gasteiger partial charge in [0, 0.05) is 5.69 Å². The average molecular weight is 331 g/mol. The third-order valence-electron chi connectivity index (χ3n) is 3.15. The number of halogens is 1. The maximum Gasteiger partial charge on any atom is 0.309 e. The average Bonchev–Trinajstić information content (AvgIpc) is 2.57. The number of carbonyl (C=O) groups is 2. The van der Waals surface area contributed by atoms with E-state index in [4.69, 9.17) is 9.47 Å². The summed E-state index contributed by atoms with van der Waals surface area (Å²) in [6.45, 7) is 1.68. The zero-order chi connectivity index (χ0) is 17.4. The summed E-state index contributed by atoms with van der Waals surface area (Å²) in [7, 11) is 0. The first-order valence-corrected chi connectivity index (χ1v) is 7.44. The van der Waals surface area contributed by atoms with Gasteiger partial charge in [0.05, 0.1) is 13.0 Å². The zero-order valence-electron chi connectivity index (χ0n) is 13.3. The number of carbonyl (C=O) groups excluding carboxylic acids is 2. The summed E-state index contributed by atoms with van der Waals surface area (Å²) < 4.78 is 23.1. The maximum atomic E-state index is 12.8. The summed E-state index contributed by atoms with van der Waals surface area (Å²) >= 11 is 0. The lowest BCUT2D eigenvalue weighted by Gasteiger charge is -2.09. The number of ether oxygens (including phenoxy) is 2. The van der Waals surface area contributed by atoms with E-state index in [2.05, 4.69) is 5.32 Å². The lowest BCUT2D eigenvalue weighted by Crippen LogP contribution is -2.21. The highest BCUT2D eigenvalue weighted by Crippen LogP contribution is 2.16. The Balaban J connectivity index is 1.66. The minimum Gasteiger partial charge on any atom is -0.493 e. The van der Waals surface area contributed by atoms with Crippen molar-refractivity contribution in [2.75, 3.05) is 18.5 Å². The fraction of sp³-hybridized carbons (Fsp3) is 0.222. The molecule has 0 aromatic heterocycles. The van der Waals surface area contributed by atoms with E-state index in [1.54, 1.807) is 0 Å². The zero-order valence-corrected chi connectivity index (χ0v) is 13.3. The second kappa shape index (κ2) is 8.67. The third-order valence-corrected chi connectivity index (χ3v) is 3.15. The fourth-order valence-corrected chi connectivity index (χ4v) is 1.91. The molecule has 0 fully saturated rings. The molecule has 2 aromatic rings. The molecule has 1 N–H and O–H groups in total. The lowest BCUT2D eigenvalue weighted by atomic mass is 10.2. The number of benzene rings is 2. The summed E-state index contributed by atoms with van der Waals surface area (Å²) in [6, 6.07) is 12.8. The van der Waals surface area contributed by atoms with Crippen molar-refractivity contribution in [3.05, 3.63) is 59.9 Å². The van der Waals surface area contributed by atoms with Crippen LogP contribution in [0.4, 0.5) is 10.1 Å². The predicted octanol–water partition coefficient (Wildman–Crippen LogP) is 3.08. The van der Waals surface area contributed by atoms with Crippen molar-refractivity contribution in [3.63, 3.8) is 0 Å². The van der Waals surface area contributed by atoms with Gasteiger partial charge in [-0.2, -0.15) is 0 Å². The number of nitrogens with one attached hydrogen (secondary N) is 1. The van der Waals surface area contributed by atoms with Gasteiger partial charge < -0.3 is 14.8 Å². The standard InChI is InChI=1S/C18H18FNO4/c1-13-4-2-3-5-16(13)23-11-10-18(22)24-12-17(21)20-15-8-6-14(19)7-9-15/h2-9H,10-12H2,1H3,(H,20,21). The van der Waals surface area contributed by atoms with Gasteiger partial charge in [-0.3, -0.25) is 9.59 Å². The number of rotatable bonds is 7. The highest BCUT2D eigenvalue weighted by molar-refractivity contribution is 5.92. The third kappa shape index (κ3) is 5.72. The van der Waals surface area contributed by atoms with Crippen molar-refractivity contribution in [1.29, 1.82) is 0 Å². The first-order chi connectivity index (χ1) is 11.5. The van der Waals surface area contributed by atoms with Gasteiger partial charge in [0.2, 0.25) is 0 Å². The monoisotopic (exact) mass is 331 g/mol. The second-order valence-electron chi connectivity index (χ2n) is 5.08. The SMILES string of the molecule is Cc1ccccc1OCCC(=O)OCC(=O)Nc1ccc(F)cc1. The van der Waals surface area contributed by atoms with Crippen LogP contribution in [-0.4, -0.2) is 25.1 Å². The molecule has 0 aliphatic rings. The van der Waals surface area contributed by atoms with Crippen LogP contribution in [0.15, 0.2) is 48.5 Å². The van der Waals surface area contributed by atoms with Crippen molar-refractivity contribution in [1.82, 2.24) is 0 Å². The fourth-order valence-electron chi connectivity index (χ4n) is 1.91. The van der Waals surface area contributed by atoms with Crippen LogP contribution in [0.1, 0.15) is 12.0 Å². The quantitative estimate of drug-likeness (QED) is 0.792. The lowest BCUT2D eigenvalue weighted by molar-refractivity contribution is -0.147. The normalized spacial score (nSPS) is 10.1. The van der Waals surface area contributed by atoms with E-state index >= 15 is 0 Å². The van der Waals surface area contributed by atoms with Crippen LogP contribution in [-0.2, 0) is 14.3 Å². The number of amides is 1. The van der Waals surface area contributed by atoms with Gasteiger partial charge in [0.1, 0.15) is 11.6 Å². The molecule has 126 valence electrons. The Morgan fingerprint density at radius 2 is 1.79 bits per heavy atom. The van der Waals surface area contributed by atoms with Crippen LogP contribution >= 0.6 is 0 Å². The molecular formula is C18H18FNO4. The van der Waals surface area contributed by atoms with Gasteiger partial charge in [0.15, 0.2) is 6.61 Å². The molecule has 0 unspecified atom stereocenters. The van der Waals surface area contributed by atoms with E-state index in [9.17, 15) is 14.0 Å². The van der Waals surface area contributed by atoms with E-state index in [0.717, 1.165) is 5.56 Å². The summed E-state index contributed by atoms with van der Waals surface area (Å²) in [5.74, 6) is -0.708. The van der Waals surface area contributed by atoms with Gasteiger partial charge in [0.25, 0.3) is 5.91 Å². The van der Waals surface area contributed by atoms with Crippen molar-refractivity contribution in [2.24, 2.45) is 0 Å². The predicted molar refractivity (Wildman–Crippen MR) is 87.3 cm³/mol. The molecule has 2 aromatic carbocycles. The molecule has 0 saturated carbocycles. The molecule has 5 nitrogen and oxygen atoms in total. The molecule has 0 saturated heterocycles. The minimum atomic E-state index is -0.530. The van der Waals surface area contributed by atoms with Crippen molar-refractivity contribution >= 4 is 17.6 Å². The van der Waals surface area contributed by atoms with Gasteiger partial charge >= 0.3 is 5.97 Å². The molecule has 0 atom stereocenters. The number of aryl methyl sites for hydroxylation is 1. The van der Waals surface area contributed by atoms with E-state index in [1.807, 2.05) is 31.2 Å². The van der Waals surface area contributed by atoms with E-state index in [-0.39, 0.29) is 13.0 Å². The Bertz CT molecular complexity index is 700. The van der Waals surface area contributed by atoms with E-state index in [0.29, 0.717) is 11.4 Å². The van der Waals surface area contributed by atoms with Crippen LogP contribution < -0.4 is 10.1 Å². The van der Waals surface area contributed by atoms with Crippen molar-refractivity contribution < 1.29 is 23.5 Å². The smallest absolute Gasteiger partial charge is 0.309 e. The maximum absolute atomic E-state index is 12.8. The summed E-state index contributed by atoms with van der Waals surface area (Å²) in [5.41, 5.74) is 1.41. The largest absolute Gasteiger partial charge is 0.493 e. The Hall–Kier alpha value is -2.89. The number of para-hydroxylation sites is 1. The van der Waals surface area contributed by atoms with Crippen LogP contribution in [0, 0.1) is 12.7 Å². The molecular weight excluding hydrogens is 313 g/mol. The van der Waals surface area contributed by atoms with Crippen molar-refractivity contribution in [3.8, 4) is 5.75 Å². The number of hydrogen-bond acceptors (Lipinski definition) is 4. The Morgan fingerprint density at radius 3 is 2.50 bits per heavy atom. The minimum absolute atomic E-state index is 0.0398. The number of anilines is 1. The molecule has 0 aliphatic heterocycles. The van der Waals surface area contributed by atoms with Crippen LogP contribution in [0.5, 0.6) is 5.75 Å². The Labute approximate surface area is 139 Å². The summed E-state index contributed by atoms with van der Waals surface area (Å²) in [4.78, 5) is 23.2. The molecule has 24 heavy (non-hydrogen) atoms. The van der Waals surface area contributed by atoms with Crippen molar-refractivity contribution in [2.45, 2.75) is 13.3 Å². The Morgan fingerprint density at radius 1 is 1.08 bits per heavy atom. The topological polar surface area (TPSA) is 64.6 Å². The Kier molecular flexibility index (Phi) is 6.31. The van der Waals surface area contributed by atoms with E-state index in [1.165, 1.54) is 24.3 Å². The van der Waals surface area contributed by atoms with Gasteiger partial charge in [-0.05, 0) is 42.8 Å². The molecule has 0 heterocycles. The molecule has 1 amide bonds. The van der Waals surface area contributed by atoms with Gasteiger partial charge in [-0.25, -0.2) is 4.39 Å². The van der Waals surface area contributed by atoms with E-state index < -0.39 is 24.3 Å². The van der Waals surface area contributed by atoms with Crippen LogP contribution in [0.2, 0.25) is 0 Å². The molecule has 2 rings (SSSR count). The second-order valence-corrected chi connectivity index (χ2v) is 5.08. The number of hydrogen-bond donors (Lipinski definition) is 1. The van der Waals surface area contributed by atoms with Crippen LogP contribution in [0.3, 0.4) is 0 Å². The highest BCUT2D eigenvalue weighted by atomic mass is 19.1. The summed E-state index contributed by atoms with van der Waals surface area (Å²) in [5, 5.41) is 2.50. The molecule has 6 heteroatoms. The summed E-state index contributed by atoms with van der Waals surface area (Å²) in [6.07, 6.45) is 0.0398. The molecule has 0 aliphatic carbocycles. The van der Waals surface area contributed by atoms with Gasteiger partial charge in [-0.15, -0.1) is 0 Å². The van der Waals surface area contributed by atoms with Gasteiger partial charge in [-0.1, -0.05) is 18.2 Å². The highest BCUT2D eigenvalue weighted by Gasteiger charge is 2.09. The molecule has 0 bridgehead atoms. The first kappa shape index (κ1) is 17.5. The molecule has 0 radical (unpaired) electrons.